The molecule has 0 radical (unpaired) electrons. The average molecular weight is 550 g/mol. The molecule has 1 atom stereocenters. The molecule has 30 heavy (non-hydrogen) atoms. The molecule has 0 spiro atoms. The molecule has 0 aliphatic carbocycles. The first-order valence-corrected chi connectivity index (χ1v) is 11.9. The fourth-order valence-corrected chi connectivity index (χ4v) is 4.43. The van der Waals surface area contributed by atoms with Crippen LogP contribution in [0.3, 0.4) is 0 Å². The van der Waals surface area contributed by atoms with E-state index < -0.39 is 0 Å². The molecule has 0 amide bonds. The van der Waals surface area contributed by atoms with Crippen molar-refractivity contribution in [3.05, 3.63) is 29.3 Å². The molecule has 2 saturated heterocycles. The zero-order chi connectivity index (χ0) is 20.5. The number of nitrogens with zero attached hydrogens (tertiary/aromatic N) is 1. The zero-order valence-corrected chi connectivity index (χ0v) is 21.5. The molecular formula is C22H36IN3O3S. The molecule has 0 aromatic heterocycles. The first-order chi connectivity index (χ1) is 14.1. The van der Waals surface area contributed by atoms with Crippen LogP contribution in [0.5, 0.6) is 5.75 Å². The maximum Gasteiger partial charge on any atom is 0.191 e. The number of nitrogens with one attached hydrogen (secondary N) is 2. The number of hydrogen-bond acceptors (Lipinski definition) is 5. The van der Waals surface area contributed by atoms with Gasteiger partial charge in [-0.15, -0.1) is 24.0 Å². The number of guanidine groups is 1. The summed E-state index contributed by atoms with van der Waals surface area (Å²) in [6, 6.07) is 6.34. The van der Waals surface area contributed by atoms with Crippen molar-refractivity contribution in [1.82, 2.24) is 10.6 Å². The van der Waals surface area contributed by atoms with E-state index in [2.05, 4.69) is 48.9 Å². The Morgan fingerprint density at radius 3 is 2.70 bits per heavy atom. The summed E-state index contributed by atoms with van der Waals surface area (Å²) in [6.45, 7) is 9.60. The molecule has 8 heteroatoms. The SMILES string of the molecule is CCNC(=NCc1ccc(C)cc1OC1CCOC1)NCC1(SC)CCOCC1.I. The van der Waals surface area contributed by atoms with Crippen LogP contribution in [-0.2, 0) is 16.0 Å². The fourth-order valence-electron chi connectivity index (χ4n) is 3.63. The van der Waals surface area contributed by atoms with Crippen LogP contribution >= 0.6 is 35.7 Å². The Morgan fingerprint density at radius 2 is 2.03 bits per heavy atom. The van der Waals surface area contributed by atoms with Crippen molar-refractivity contribution < 1.29 is 14.2 Å². The molecule has 0 saturated carbocycles. The van der Waals surface area contributed by atoms with Gasteiger partial charge in [0.1, 0.15) is 11.9 Å². The van der Waals surface area contributed by atoms with Crippen molar-refractivity contribution in [2.45, 2.75) is 50.5 Å². The molecule has 2 heterocycles. The van der Waals surface area contributed by atoms with E-state index in [0.29, 0.717) is 13.2 Å². The second-order valence-electron chi connectivity index (χ2n) is 7.76. The lowest BCUT2D eigenvalue weighted by molar-refractivity contribution is 0.0783. The van der Waals surface area contributed by atoms with E-state index in [4.69, 9.17) is 19.2 Å². The fraction of sp³-hybridized carbons (Fsp3) is 0.682. The minimum Gasteiger partial charge on any atom is -0.488 e. The minimum absolute atomic E-state index is 0. The molecule has 1 aromatic rings. The molecule has 2 N–H and O–H groups in total. The summed E-state index contributed by atoms with van der Waals surface area (Å²) < 4.78 is 17.4. The third kappa shape index (κ3) is 7.46. The van der Waals surface area contributed by atoms with Gasteiger partial charge in [-0.05, 0) is 44.6 Å². The molecule has 1 unspecified atom stereocenters. The van der Waals surface area contributed by atoms with Gasteiger partial charge in [0.25, 0.3) is 0 Å². The number of rotatable bonds is 8. The van der Waals surface area contributed by atoms with E-state index in [1.807, 2.05) is 11.8 Å². The van der Waals surface area contributed by atoms with Crippen molar-refractivity contribution in [1.29, 1.82) is 0 Å². The molecule has 170 valence electrons. The summed E-state index contributed by atoms with van der Waals surface area (Å²) in [7, 11) is 0. The minimum atomic E-state index is 0. The number of aliphatic imine (C=N–C) groups is 1. The summed E-state index contributed by atoms with van der Waals surface area (Å²) in [5.74, 6) is 1.77. The quantitative estimate of drug-likeness (QED) is 0.293. The van der Waals surface area contributed by atoms with Crippen LogP contribution in [0.4, 0.5) is 0 Å². The lowest BCUT2D eigenvalue weighted by atomic mass is 9.99. The van der Waals surface area contributed by atoms with Gasteiger partial charge in [-0.2, -0.15) is 11.8 Å². The van der Waals surface area contributed by atoms with Crippen LogP contribution in [0.2, 0.25) is 0 Å². The summed E-state index contributed by atoms with van der Waals surface area (Å²) in [5.41, 5.74) is 2.29. The highest BCUT2D eigenvalue weighted by atomic mass is 127. The first-order valence-electron chi connectivity index (χ1n) is 10.6. The topological polar surface area (TPSA) is 64.1 Å². The Balaban J connectivity index is 0.00000320. The van der Waals surface area contributed by atoms with Crippen LogP contribution in [0.15, 0.2) is 23.2 Å². The van der Waals surface area contributed by atoms with Gasteiger partial charge >= 0.3 is 0 Å². The van der Waals surface area contributed by atoms with E-state index >= 15 is 0 Å². The molecule has 2 aliphatic rings. The number of halogens is 1. The Bertz CT molecular complexity index is 678. The second-order valence-corrected chi connectivity index (χ2v) is 9.04. The third-order valence-corrected chi connectivity index (χ3v) is 6.99. The van der Waals surface area contributed by atoms with Crippen molar-refractivity contribution in [2.75, 3.05) is 45.8 Å². The number of benzene rings is 1. The van der Waals surface area contributed by atoms with Gasteiger partial charge in [0.2, 0.25) is 0 Å². The summed E-state index contributed by atoms with van der Waals surface area (Å²) in [4.78, 5) is 4.84. The maximum atomic E-state index is 6.22. The highest BCUT2D eigenvalue weighted by Crippen LogP contribution is 2.33. The lowest BCUT2D eigenvalue weighted by Crippen LogP contribution is -2.47. The molecule has 0 bridgehead atoms. The average Bonchev–Trinajstić information content (AvgIpc) is 3.25. The van der Waals surface area contributed by atoms with Crippen LogP contribution in [0.25, 0.3) is 0 Å². The maximum absolute atomic E-state index is 6.22. The Morgan fingerprint density at radius 1 is 1.23 bits per heavy atom. The summed E-state index contributed by atoms with van der Waals surface area (Å²) >= 11 is 1.93. The van der Waals surface area contributed by atoms with E-state index in [9.17, 15) is 0 Å². The van der Waals surface area contributed by atoms with E-state index in [0.717, 1.165) is 69.4 Å². The predicted molar refractivity (Wildman–Crippen MR) is 136 cm³/mol. The zero-order valence-electron chi connectivity index (χ0n) is 18.4. The van der Waals surface area contributed by atoms with E-state index in [-0.39, 0.29) is 34.8 Å². The Labute approximate surface area is 202 Å². The molecule has 2 aliphatic heterocycles. The predicted octanol–water partition coefficient (Wildman–Crippen LogP) is 3.75. The van der Waals surface area contributed by atoms with Gasteiger partial charge in [0, 0.05) is 43.0 Å². The lowest BCUT2D eigenvalue weighted by Gasteiger charge is -2.36. The monoisotopic (exact) mass is 549 g/mol. The molecule has 1 aromatic carbocycles. The van der Waals surface area contributed by atoms with Crippen molar-refractivity contribution >= 4 is 41.7 Å². The second kappa shape index (κ2) is 13.0. The highest BCUT2D eigenvalue weighted by Gasteiger charge is 2.31. The van der Waals surface area contributed by atoms with Gasteiger partial charge in [0.05, 0.1) is 19.8 Å². The summed E-state index contributed by atoms with van der Waals surface area (Å²) in [6.07, 6.45) is 5.42. The largest absolute Gasteiger partial charge is 0.488 e. The van der Waals surface area contributed by atoms with Crippen LogP contribution in [0.1, 0.15) is 37.3 Å². The molecular weight excluding hydrogens is 513 g/mol. The normalized spacial score (nSPS) is 21.0. The van der Waals surface area contributed by atoms with Gasteiger partial charge < -0.3 is 24.8 Å². The van der Waals surface area contributed by atoms with Crippen molar-refractivity contribution in [3.63, 3.8) is 0 Å². The smallest absolute Gasteiger partial charge is 0.191 e. The third-order valence-electron chi connectivity index (χ3n) is 5.57. The van der Waals surface area contributed by atoms with Crippen LogP contribution < -0.4 is 15.4 Å². The van der Waals surface area contributed by atoms with Crippen molar-refractivity contribution in [3.8, 4) is 5.75 Å². The van der Waals surface area contributed by atoms with E-state index in [1.54, 1.807) is 0 Å². The Kier molecular flexibility index (Phi) is 11.1. The summed E-state index contributed by atoms with van der Waals surface area (Å²) in [5, 5.41) is 6.93. The molecule has 6 nitrogen and oxygen atoms in total. The van der Waals surface area contributed by atoms with Gasteiger partial charge in [0.15, 0.2) is 5.96 Å². The van der Waals surface area contributed by atoms with E-state index in [1.165, 1.54) is 5.56 Å². The highest BCUT2D eigenvalue weighted by molar-refractivity contribution is 14.0. The number of aryl methyl sites for hydroxylation is 1. The number of hydrogen-bond donors (Lipinski definition) is 2. The molecule has 3 rings (SSSR count). The van der Waals surface area contributed by atoms with Gasteiger partial charge in [-0.3, -0.25) is 0 Å². The first kappa shape index (κ1) is 25.5. The van der Waals surface area contributed by atoms with Crippen LogP contribution in [-0.4, -0.2) is 62.6 Å². The van der Waals surface area contributed by atoms with Gasteiger partial charge in [-0.25, -0.2) is 4.99 Å². The van der Waals surface area contributed by atoms with Crippen molar-refractivity contribution in [2.24, 2.45) is 4.99 Å². The number of ether oxygens (including phenoxy) is 3. The molecule has 2 fully saturated rings. The number of thioether (sulfide) groups is 1. The van der Waals surface area contributed by atoms with Gasteiger partial charge in [-0.1, -0.05) is 12.1 Å². The van der Waals surface area contributed by atoms with Crippen LogP contribution in [0, 0.1) is 6.92 Å². The standard InChI is InChI=1S/C22H35N3O3S.HI/c1-4-23-21(25-16-22(29-3)8-11-26-12-9-22)24-14-18-6-5-17(2)13-20(18)28-19-7-10-27-15-19;/h5-6,13,19H,4,7-12,14-16H2,1-3H3,(H2,23,24,25);1H. The Hall–Kier alpha value is -0.710.